The monoisotopic (exact) mass is 474 g/mol. The molecule has 4 rings (SSSR count). The highest BCUT2D eigenvalue weighted by Gasteiger charge is 2.62. The zero-order valence-electron chi connectivity index (χ0n) is 20.4. The summed E-state index contributed by atoms with van der Waals surface area (Å²) in [6.07, 6.45) is 0.810. The molecule has 2 aliphatic heterocycles. The predicted molar refractivity (Wildman–Crippen MR) is 126 cm³/mol. The smallest absolute Gasteiger partial charge is 0.330 e. The maximum atomic E-state index is 12.6. The van der Waals surface area contributed by atoms with E-state index in [0.29, 0.717) is 12.0 Å². The van der Waals surface area contributed by atoms with Gasteiger partial charge in [0.15, 0.2) is 14.1 Å². The van der Waals surface area contributed by atoms with Crippen LogP contribution in [0.25, 0.3) is 0 Å². The lowest BCUT2D eigenvalue weighted by Crippen LogP contribution is -2.52. The molecule has 1 unspecified atom stereocenters. The molecule has 3 heterocycles. The van der Waals surface area contributed by atoms with E-state index >= 15 is 0 Å². The van der Waals surface area contributed by atoms with Gasteiger partial charge in [0.1, 0.15) is 18.9 Å². The summed E-state index contributed by atoms with van der Waals surface area (Å²) in [6.45, 7) is 14.6. The Hall–Kier alpha value is -2.04. The Morgan fingerprint density at radius 1 is 1.18 bits per heavy atom. The van der Waals surface area contributed by atoms with Gasteiger partial charge >= 0.3 is 5.69 Å². The number of hydrogen-bond donors (Lipinski definition) is 1. The van der Waals surface area contributed by atoms with E-state index in [9.17, 15) is 9.59 Å². The maximum absolute atomic E-state index is 12.6. The van der Waals surface area contributed by atoms with Crippen molar-refractivity contribution in [3.05, 3.63) is 68.5 Å². The largest absolute Gasteiger partial charge is 0.408 e. The first-order valence-corrected chi connectivity index (χ1v) is 14.2. The quantitative estimate of drug-likeness (QED) is 0.679. The Labute approximate surface area is 195 Å². The molecular formula is C24H34N2O6Si. The summed E-state index contributed by atoms with van der Waals surface area (Å²) in [5, 5.41) is -0.0279. The number of aromatic amines is 1. The van der Waals surface area contributed by atoms with Crippen LogP contribution in [0.4, 0.5) is 0 Å². The zero-order chi connectivity index (χ0) is 24.2. The van der Waals surface area contributed by atoms with E-state index in [2.05, 4.69) is 38.8 Å². The van der Waals surface area contributed by atoms with Crippen LogP contribution < -0.4 is 11.2 Å². The van der Waals surface area contributed by atoms with Gasteiger partial charge < -0.3 is 18.6 Å². The van der Waals surface area contributed by atoms with Gasteiger partial charge in [-0.2, -0.15) is 0 Å². The third-order valence-electron chi connectivity index (χ3n) is 7.16. The van der Waals surface area contributed by atoms with Crippen LogP contribution in [0.15, 0.2) is 46.1 Å². The van der Waals surface area contributed by atoms with Crippen molar-refractivity contribution in [2.45, 2.75) is 83.1 Å². The minimum atomic E-state index is -2.21. The number of hydrogen-bond acceptors (Lipinski definition) is 6. The van der Waals surface area contributed by atoms with Crippen molar-refractivity contribution in [2.75, 3.05) is 6.61 Å². The molecule has 2 aromatic rings. The van der Waals surface area contributed by atoms with E-state index in [1.54, 1.807) is 6.92 Å². The zero-order valence-corrected chi connectivity index (χ0v) is 21.4. The topological polar surface area (TPSA) is 91.8 Å². The van der Waals surface area contributed by atoms with Crippen LogP contribution in [-0.4, -0.2) is 36.4 Å². The molecule has 1 aromatic heterocycles. The molecule has 2 fully saturated rings. The lowest BCUT2D eigenvalue weighted by molar-refractivity contribution is -0.282. The average Bonchev–Trinajstić information content (AvgIpc) is 3.25. The van der Waals surface area contributed by atoms with Gasteiger partial charge in [-0.05, 0) is 32.0 Å². The molecule has 0 radical (unpaired) electrons. The summed E-state index contributed by atoms with van der Waals surface area (Å²) in [4.78, 5) is 26.9. The number of aryl methyl sites for hydroxylation is 1. The first-order valence-electron chi connectivity index (χ1n) is 11.3. The Kier molecular flexibility index (Phi) is 5.86. The Morgan fingerprint density at radius 3 is 2.48 bits per heavy atom. The van der Waals surface area contributed by atoms with Crippen LogP contribution >= 0.6 is 0 Å². The minimum absolute atomic E-state index is 0.0279. The summed E-state index contributed by atoms with van der Waals surface area (Å²) in [5.41, 5.74) is 0.370. The van der Waals surface area contributed by atoms with Gasteiger partial charge in [-0.3, -0.25) is 14.3 Å². The number of ether oxygens (including phenoxy) is 3. The molecule has 0 aliphatic carbocycles. The standard InChI is InChI=1S/C24H34N2O6Si/c1-16-14-26(21(28)25-20(16)27)19-13-18(31-33(6,7)22(2,3)4)24(30-19)15-29-23(5,32-24)17-11-9-8-10-12-17/h8-12,14,18-19H,13,15H2,1-7H3,(H,25,27,28)/t18-,19-,23?,24-/m1/s1. The molecule has 1 N–H and O–H groups in total. The maximum Gasteiger partial charge on any atom is 0.330 e. The van der Waals surface area contributed by atoms with Crippen molar-refractivity contribution >= 4 is 8.32 Å². The minimum Gasteiger partial charge on any atom is -0.408 e. The molecule has 0 saturated carbocycles. The van der Waals surface area contributed by atoms with Gasteiger partial charge in [-0.1, -0.05) is 51.1 Å². The highest BCUT2D eigenvalue weighted by molar-refractivity contribution is 6.74. The van der Waals surface area contributed by atoms with Crippen molar-refractivity contribution in [1.82, 2.24) is 9.55 Å². The SMILES string of the molecule is Cc1cn([C@H]2C[C@@H](O[Si](C)(C)C(C)(C)C)[C@]3(COC(C)(c4ccccc4)O3)O2)c(=O)[nH]c1=O. The summed E-state index contributed by atoms with van der Waals surface area (Å²) in [7, 11) is -2.21. The fraction of sp³-hybridized carbons (Fsp3) is 0.583. The van der Waals surface area contributed by atoms with Crippen LogP contribution in [-0.2, 0) is 24.4 Å². The van der Waals surface area contributed by atoms with E-state index < -0.39 is 43.5 Å². The molecule has 8 nitrogen and oxygen atoms in total. The molecular weight excluding hydrogens is 440 g/mol. The first kappa shape index (κ1) is 24.1. The van der Waals surface area contributed by atoms with E-state index in [1.165, 1.54) is 10.8 Å². The third kappa shape index (κ3) is 4.28. The van der Waals surface area contributed by atoms with Gasteiger partial charge in [-0.15, -0.1) is 0 Å². The van der Waals surface area contributed by atoms with Gasteiger partial charge in [0.05, 0.1) is 0 Å². The fourth-order valence-electron chi connectivity index (χ4n) is 4.08. The van der Waals surface area contributed by atoms with Crippen LogP contribution in [0, 0.1) is 6.92 Å². The highest BCUT2D eigenvalue weighted by Crippen LogP contribution is 2.51. The number of H-pyrrole nitrogens is 1. The number of nitrogens with zero attached hydrogens (tertiary/aromatic N) is 1. The van der Waals surface area contributed by atoms with Crippen molar-refractivity contribution in [1.29, 1.82) is 0 Å². The molecule has 4 atom stereocenters. The number of nitrogens with one attached hydrogen (secondary N) is 1. The van der Waals surface area contributed by atoms with Gasteiger partial charge in [0.25, 0.3) is 5.56 Å². The molecule has 0 bridgehead atoms. The molecule has 1 spiro atoms. The Morgan fingerprint density at radius 2 is 1.85 bits per heavy atom. The lowest BCUT2D eigenvalue weighted by Gasteiger charge is -2.41. The van der Waals surface area contributed by atoms with Gasteiger partial charge in [0, 0.05) is 23.7 Å². The van der Waals surface area contributed by atoms with E-state index in [1.807, 2.05) is 37.3 Å². The molecule has 2 saturated heterocycles. The van der Waals surface area contributed by atoms with Gasteiger partial charge in [0.2, 0.25) is 5.79 Å². The highest BCUT2D eigenvalue weighted by atomic mass is 28.4. The lowest BCUT2D eigenvalue weighted by atomic mass is 10.1. The van der Waals surface area contributed by atoms with Crippen LogP contribution in [0.2, 0.25) is 18.1 Å². The molecule has 9 heteroatoms. The Balaban J connectivity index is 1.72. The second-order valence-electron chi connectivity index (χ2n) is 10.7. The van der Waals surface area contributed by atoms with E-state index in [0.717, 1.165) is 5.56 Å². The van der Waals surface area contributed by atoms with Crippen molar-refractivity contribution in [3.63, 3.8) is 0 Å². The first-order chi connectivity index (χ1) is 15.3. The van der Waals surface area contributed by atoms with Crippen LogP contribution in [0.5, 0.6) is 0 Å². The molecule has 180 valence electrons. The molecule has 1 aromatic carbocycles. The summed E-state index contributed by atoms with van der Waals surface area (Å²) >= 11 is 0. The average molecular weight is 475 g/mol. The normalized spacial score (nSPS) is 30.3. The van der Waals surface area contributed by atoms with Crippen molar-refractivity contribution in [3.8, 4) is 0 Å². The molecule has 2 aliphatic rings. The second kappa shape index (κ2) is 8.02. The van der Waals surface area contributed by atoms with Crippen LogP contribution in [0.1, 0.15) is 51.5 Å². The van der Waals surface area contributed by atoms with Gasteiger partial charge in [-0.25, -0.2) is 4.79 Å². The summed E-state index contributed by atoms with van der Waals surface area (Å²) in [6, 6.07) is 9.70. The van der Waals surface area contributed by atoms with Crippen molar-refractivity contribution < 1.29 is 18.6 Å². The van der Waals surface area contributed by atoms with E-state index in [-0.39, 0.29) is 11.6 Å². The second-order valence-corrected chi connectivity index (χ2v) is 15.4. The number of aromatic nitrogens is 2. The van der Waals surface area contributed by atoms with Crippen molar-refractivity contribution in [2.24, 2.45) is 0 Å². The molecule has 33 heavy (non-hydrogen) atoms. The van der Waals surface area contributed by atoms with Crippen LogP contribution in [0.3, 0.4) is 0 Å². The molecule has 0 amide bonds. The number of benzene rings is 1. The summed E-state index contributed by atoms with van der Waals surface area (Å²) < 4.78 is 27.4. The Bertz CT molecular complexity index is 1140. The van der Waals surface area contributed by atoms with E-state index in [4.69, 9.17) is 18.6 Å². The third-order valence-corrected chi connectivity index (χ3v) is 11.6. The number of rotatable bonds is 4. The fourth-order valence-corrected chi connectivity index (χ4v) is 5.43. The predicted octanol–water partition coefficient (Wildman–Crippen LogP) is 3.77. The summed E-state index contributed by atoms with van der Waals surface area (Å²) in [5.74, 6) is -2.20.